The van der Waals surface area contributed by atoms with Gasteiger partial charge >= 0.3 is 5.69 Å². The minimum atomic E-state index is -0.694. The molecule has 0 aliphatic carbocycles. The van der Waals surface area contributed by atoms with Gasteiger partial charge in [0.2, 0.25) is 5.75 Å². The van der Waals surface area contributed by atoms with Crippen LogP contribution in [-0.2, 0) is 0 Å². The van der Waals surface area contributed by atoms with Gasteiger partial charge in [0.25, 0.3) is 5.91 Å². The Morgan fingerprint density at radius 3 is 3.00 bits per heavy atom. The largest absolute Gasteiger partial charge is 0.502 e. The van der Waals surface area contributed by atoms with Crippen LogP contribution in [-0.4, -0.2) is 38.9 Å². The molecule has 23 heavy (non-hydrogen) atoms. The lowest BCUT2D eigenvalue weighted by atomic mass is 9.98. The van der Waals surface area contributed by atoms with Crippen LogP contribution in [0.1, 0.15) is 34.1 Å². The number of phenolic OH excluding ortho intramolecular Hbond substituents is 1. The second kappa shape index (κ2) is 6.33. The van der Waals surface area contributed by atoms with Gasteiger partial charge in [-0.2, -0.15) is 0 Å². The summed E-state index contributed by atoms with van der Waals surface area (Å²) in [7, 11) is 0. The number of hydrogen-bond donors (Lipinski definition) is 1. The zero-order chi connectivity index (χ0) is 16.4. The van der Waals surface area contributed by atoms with Crippen molar-refractivity contribution in [3.63, 3.8) is 0 Å². The van der Waals surface area contributed by atoms with Crippen LogP contribution in [0.5, 0.6) is 5.75 Å². The first kappa shape index (κ1) is 15.4. The third kappa shape index (κ3) is 3.02. The molecule has 1 aliphatic heterocycles. The SMILES string of the molecule is O=C(c1cccc([N+](=O)[O-])c1O)N1CCCC(c2nccs2)C1. The average molecular weight is 333 g/mol. The van der Waals surface area contributed by atoms with Crippen LogP contribution in [0.3, 0.4) is 0 Å². The second-order valence-electron chi connectivity index (χ2n) is 5.39. The van der Waals surface area contributed by atoms with Crippen molar-refractivity contribution in [2.45, 2.75) is 18.8 Å². The van der Waals surface area contributed by atoms with Crippen LogP contribution < -0.4 is 0 Å². The number of hydrogen-bond acceptors (Lipinski definition) is 6. The quantitative estimate of drug-likeness (QED) is 0.688. The molecule has 0 saturated carbocycles. The summed E-state index contributed by atoms with van der Waals surface area (Å²) in [5, 5.41) is 23.8. The van der Waals surface area contributed by atoms with Crippen molar-refractivity contribution in [2.75, 3.05) is 13.1 Å². The molecule has 0 bridgehead atoms. The number of likely N-dealkylation sites (tertiary alicyclic amines) is 1. The van der Waals surface area contributed by atoms with E-state index in [1.807, 2.05) is 5.38 Å². The Balaban J connectivity index is 1.83. The molecular weight excluding hydrogens is 318 g/mol. The molecule has 2 heterocycles. The zero-order valence-corrected chi connectivity index (χ0v) is 13.0. The van der Waals surface area contributed by atoms with E-state index in [-0.39, 0.29) is 17.4 Å². The van der Waals surface area contributed by atoms with Crippen LogP contribution in [0, 0.1) is 10.1 Å². The van der Waals surface area contributed by atoms with Crippen molar-refractivity contribution < 1.29 is 14.8 Å². The minimum absolute atomic E-state index is 0.0287. The number of carbonyl (C=O) groups excluding carboxylic acids is 1. The van der Waals surface area contributed by atoms with Gasteiger partial charge < -0.3 is 10.0 Å². The summed E-state index contributed by atoms with van der Waals surface area (Å²) in [6.45, 7) is 1.08. The first-order valence-corrected chi connectivity index (χ1v) is 8.11. The maximum absolute atomic E-state index is 12.6. The summed E-state index contributed by atoms with van der Waals surface area (Å²) in [6.07, 6.45) is 3.54. The van der Waals surface area contributed by atoms with E-state index in [0.29, 0.717) is 13.1 Å². The van der Waals surface area contributed by atoms with Crippen molar-refractivity contribution in [1.82, 2.24) is 9.88 Å². The highest BCUT2D eigenvalue weighted by Crippen LogP contribution is 2.33. The molecule has 120 valence electrons. The molecule has 3 rings (SSSR count). The molecule has 1 amide bonds. The number of para-hydroxylation sites is 1. The Kier molecular flexibility index (Phi) is 4.24. The van der Waals surface area contributed by atoms with Gasteiger partial charge in [0.15, 0.2) is 0 Å². The lowest BCUT2D eigenvalue weighted by Gasteiger charge is -2.32. The van der Waals surface area contributed by atoms with Crippen molar-refractivity contribution >= 4 is 22.9 Å². The Morgan fingerprint density at radius 1 is 1.48 bits per heavy atom. The number of thiazole rings is 1. The van der Waals surface area contributed by atoms with E-state index in [1.54, 1.807) is 22.4 Å². The fourth-order valence-corrected chi connectivity index (χ4v) is 3.59. The van der Waals surface area contributed by atoms with Crippen LogP contribution >= 0.6 is 11.3 Å². The van der Waals surface area contributed by atoms with E-state index < -0.39 is 16.4 Å². The minimum Gasteiger partial charge on any atom is -0.502 e. The molecule has 2 aromatic rings. The van der Waals surface area contributed by atoms with Crippen LogP contribution in [0.4, 0.5) is 5.69 Å². The molecule has 1 atom stereocenters. The fraction of sp³-hybridized carbons (Fsp3) is 0.333. The number of nitro benzene ring substituents is 1. The van der Waals surface area contributed by atoms with Crippen LogP contribution in [0.25, 0.3) is 0 Å². The number of aromatic hydroxyl groups is 1. The smallest absolute Gasteiger partial charge is 0.311 e. The van der Waals surface area contributed by atoms with E-state index in [1.165, 1.54) is 18.2 Å². The molecule has 1 fully saturated rings. The summed E-state index contributed by atoms with van der Waals surface area (Å²) >= 11 is 1.56. The highest BCUT2D eigenvalue weighted by Gasteiger charge is 2.29. The van der Waals surface area contributed by atoms with Gasteiger partial charge in [-0.1, -0.05) is 6.07 Å². The molecule has 1 aliphatic rings. The number of aromatic nitrogens is 1. The molecule has 1 N–H and O–H groups in total. The summed E-state index contributed by atoms with van der Waals surface area (Å²) in [6, 6.07) is 4.01. The molecule has 0 spiro atoms. The summed E-state index contributed by atoms with van der Waals surface area (Å²) in [5.74, 6) is -0.778. The topological polar surface area (TPSA) is 96.6 Å². The maximum atomic E-state index is 12.6. The number of nitrogens with zero attached hydrogens (tertiary/aromatic N) is 3. The molecule has 1 unspecified atom stereocenters. The number of phenols is 1. The lowest BCUT2D eigenvalue weighted by Crippen LogP contribution is -2.39. The average Bonchev–Trinajstić information content (AvgIpc) is 3.09. The number of rotatable bonds is 3. The Morgan fingerprint density at radius 2 is 2.30 bits per heavy atom. The number of piperidine rings is 1. The first-order valence-electron chi connectivity index (χ1n) is 7.23. The van der Waals surface area contributed by atoms with Crippen LogP contribution in [0.2, 0.25) is 0 Å². The van der Waals surface area contributed by atoms with Crippen molar-refractivity contribution in [3.05, 3.63) is 50.5 Å². The van der Waals surface area contributed by atoms with E-state index in [2.05, 4.69) is 4.98 Å². The predicted octanol–water partition coefficient (Wildman–Crippen LogP) is 2.78. The van der Waals surface area contributed by atoms with E-state index in [4.69, 9.17) is 0 Å². The van der Waals surface area contributed by atoms with Crippen molar-refractivity contribution in [2.24, 2.45) is 0 Å². The Bertz CT molecular complexity index is 732. The molecule has 7 nitrogen and oxygen atoms in total. The fourth-order valence-electron chi connectivity index (χ4n) is 2.82. The summed E-state index contributed by atoms with van der Waals surface area (Å²) in [4.78, 5) is 28.8. The Hall–Kier alpha value is -2.48. The van der Waals surface area contributed by atoms with Crippen molar-refractivity contribution in [3.8, 4) is 5.75 Å². The van der Waals surface area contributed by atoms with E-state index in [0.717, 1.165) is 17.8 Å². The highest BCUT2D eigenvalue weighted by molar-refractivity contribution is 7.09. The van der Waals surface area contributed by atoms with Gasteiger partial charge in [0, 0.05) is 36.7 Å². The number of amides is 1. The van der Waals surface area contributed by atoms with Gasteiger partial charge in [-0.05, 0) is 18.9 Å². The van der Waals surface area contributed by atoms with Gasteiger partial charge in [-0.15, -0.1) is 11.3 Å². The van der Waals surface area contributed by atoms with Crippen LogP contribution in [0.15, 0.2) is 29.8 Å². The molecular formula is C15H15N3O4S. The number of benzene rings is 1. The third-order valence-corrected chi connectivity index (χ3v) is 4.89. The molecule has 1 aromatic carbocycles. The summed E-state index contributed by atoms with van der Waals surface area (Å²) < 4.78 is 0. The zero-order valence-electron chi connectivity index (χ0n) is 12.2. The summed E-state index contributed by atoms with van der Waals surface area (Å²) in [5.41, 5.74) is -0.483. The normalized spacial score (nSPS) is 17.9. The molecule has 1 aromatic heterocycles. The lowest BCUT2D eigenvalue weighted by molar-refractivity contribution is -0.385. The first-order chi connectivity index (χ1) is 11.1. The van der Waals surface area contributed by atoms with Crippen molar-refractivity contribution in [1.29, 1.82) is 0 Å². The third-order valence-electron chi connectivity index (χ3n) is 3.95. The number of carbonyl (C=O) groups is 1. The van der Waals surface area contributed by atoms with E-state index >= 15 is 0 Å². The highest BCUT2D eigenvalue weighted by atomic mass is 32.1. The predicted molar refractivity (Wildman–Crippen MR) is 84.8 cm³/mol. The van der Waals surface area contributed by atoms with E-state index in [9.17, 15) is 20.0 Å². The second-order valence-corrected chi connectivity index (χ2v) is 6.32. The molecule has 1 saturated heterocycles. The van der Waals surface area contributed by atoms with Gasteiger partial charge in [0.1, 0.15) is 0 Å². The van der Waals surface area contributed by atoms with Gasteiger partial charge in [-0.3, -0.25) is 14.9 Å². The molecule has 8 heteroatoms. The molecule has 0 radical (unpaired) electrons. The standard InChI is InChI=1S/C15H15N3O4S/c19-13-11(4-1-5-12(13)18(21)22)15(20)17-7-2-3-10(9-17)14-16-6-8-23-14/h1,4-6,8,10,19H,2-3,7,9H2. The van der Waals surface area contributed by atoms with Gasteiger partial charge in [-0.25, -0.2) is 4.98 Å². The number of nitro groups is 1. The monoisotopic (exact) mass is 333 g/mol. The Labute approximate surface area is 136 Å². The maximum Gasteiger partial charge on any atom is 0.311 e. The van der Waals surface area contributed by atoms with Gasteiger partial charge in [0.05, 0.1) is 15.5 Å².